The molecule has 0 amide bonds. The molecule has 0 aliphatic heterocycles. The quantitative estimate of drug-likeness (QED) is 0.732. The molecule has 0 aromatic heterocycles. The van der Waals surface area contributed by atoms with Gasteiger partial charge in [-0.2, -0.15) is 0 Å². The Balaban J connectivity index is 2.30. The first-order chi connectivity index (χ1) is 10.1. The van der Waals surface area contributed by atoms with Gasteiger partial charge in [-0.05, 0) is 48.2 Å². The maximum absolute atomic E-state index is 6.13. The Morgan fingerprint density at radius 2 is 1.48 bits per heavy atom. The average Bonchev–Trinajstić information content (AvgIpc) is 2.51. The van der Waals surface area contributed by atoms with Gasteiger partial charge in [-0.25, -0.2) is 0 Å². The van der Waals surface area contributed by atoms with Crippen LogP contribution in [0.15, 0.2) is 42.5 Å². The lowest BCUT2D eigenvalue weighted by molar-refractivity contribution is 0.688. The zero-order valence-electron chi connectivity index (χ0n) is 12.7. The normalized spacial score (nSPS) is 14.0. The molecule has 2 unspecified atom stereocenters. The van der Waals surface area contributed by atoms with Crippen molar-refractivity contribution >= 4 is 23.2 Å². The fraction of sp³-hybridized carbons (Fsp3) is 0.333. The summed E-state index contributed by atoms with van der Waals surface area (Å²) in [7, 11) is 1.95. The third-order valence-corrected chi connectivity index (χ3v) is 4.76. The number of hydrogen-bond donors (Lipinski definition) is 1. The molecule has 112 valence electrons. The van der Waals surface area contributed by atoms with Crippen LogP contribution in [-0.2, 0) is 0 Å². The molecule has 2 atom stereocenters. The van der Waals surface area contributed by atoms with Gasteiger partial charge in [-0.1, -0.05) is 67.4 Å². The lowest BCUT2D eigenvalue weighted by Crippen LogP contribution is -2.17. The molecule has 0 aliphatic rings. The van der Waals surface area contributed by atoms with Gasteiger partial charge in [0.25, 0.3) is 0 Å². The van der Waals surface area contributed by atoms with E-state index in [1.165, 1.54) is 11.1 Å². The maximum atomic E-state index is 6.13. The van der Waals surface area contributed by atoms with Gasteiger partial charge in [0, 0.05) is 0 Å². The van der Waals surface area contributed by atoms with Gasteiger partial charge in [0.05, 0.1) is 16.1 Å². The largest absolute Gasteiger partial charge is 0.309 e. The Morgan fingerprint density at radius 1 is 0.905 bits per heavy atom. The summed E-state index contributed by atoms with van der Waals surface area (Å²) in [5, 5.41) is 4.52. The molecular weight excluding hydrogens is 301 g/mol. The van der Waals surface area contributed by atoms with E-state index in [9.17, 15) is 0 Å². The fourth-order valence-corrected chi connectivity index (χ4v) is 2.78. The molecule has 2 aromatic rings. The summed E-state index contributed by atoms with van der Waals surface area (Å²) in [5.41, 5.74) is 3.72. The van der Waals surface area contributed by atoms with Crippen LogP contribution < -0.4 is 5.32 Å². The van der Waals surface area contributed by atoms with Crippen molar-refractivity contribution < 1.29 is 0 Å². The SMILES string of the molecule is CCC(C)c1ccc(C(NC)c2ccc(Cl)c(Cl)c2)cc1. The Labute approximate surface area is 137 Å². The van der Waals surface area contributed by atoms with Gasteiger partial charge < -0.3 is 5.32 Å². The van der Waals surface area contributed by atoms with Crippen LogP contribution in [0.1, 0.15) is 48.9 Å². The molecule has 1 N–H and O–H groups in total. The highest BCUT2D eigenvalue weighted by atomic mass is 35.5. The van der Waals surface area contributed by atoms with E-state index >= 15 is 0 Å². The molecule has 2 rings (SSSR count). The molecule has 3 heteroatoms. The van der Waals surface area contributed by atoms with Crippen LogP contribution >= 0.6 is 23.2 Å². The second-order valence-corrected chi connectivity index (χ2v) is 6.19. The van der Waals surface area contributed by atoms with Crippen molar-refractivity contribution in [2.24, 2.45) is 0 Å². The van der Waals surface area contributed by atoms with Gasteiger partial charge in [-0.15, -0.1) is 0 Å². The summed E-state index contributed by atoms with van der Waals surface area (Å²) >= 11 is 12.1. The van der Waals surface area contributed by atoms with Gasteiger partial charge in [0.15, 0.2) is 0 Å². The summed E-state index contributed by atoms with van der Waals surface area (Å²) in [6.07, 6.45) is 1.15. The Morgan fingerprint density at radius 3 is 2.00 bits per heavy atom. The lowest BCUT2D eigenvalue weighted by Gasteiger charge is -2.19. The van der Waals surface area contributed by atoms with E-state index in [0.717, 1.165) is 12.0 Å². The topological polar surface area (TPSA) is 12.0 Å². The van der Waals surface area contributed by atoms with E-state index in [4.69, 9.17) is 23.2 Å². The van der Waals surface area contributed by atoms with E-state index in [1.54, 1.807) is 0 Å². The van der Waals surface area contributed by atoms with Gasteiger partial charge >= 0.3 is 0 Å². The molecule has 0 spiro atoms. The Hall–Kier alpha value is -1.02. The number of rotatable bonds is 5. The molecule has 1 nitrogen and oxygen atoms in total. The minimum atomic E-state index is 0.116. The first-order valence-corrected chi connectivity index (χ1v) is 8.04. The minimum absolute atomic E-state index is 0.116. The third kappa shape index (κ3) is 3.79. The smallest absolute Gasteiger partial charge is 0.0595 e. The van der Waals surface area contributed by atoms with E-state index in [2.05, 4.69) is 43.4 Å². The lowest BCUT2D eigenvalue weighted by atomic mass is 9.94. The second-order valence-electron chi connectivity index (χ2n) is 5.37. The van der Waals surface area contributed by atoms with Crippen LogP contribution in [0.4, 0.5) is 0 Å². The zero-order chi connectivity index (χ0) is 15.4. The molecule has 2 aromatic carbocycles. The van der Waals surface area contributed by atoms with Crippen molar-refractivity contribution in [2.45, 2.75) is 32.2 Å². The van der Waals surface area contributed by atoms with E-state index < -0.39 is 0 Å². The van der Waals surface area contributed by atoms with Crippen molar-refractivity contribution in [3.05, 3.63) is 69.2 Å². The van der Waals surface area contributed by atoms with Gasteiger partial charge in [0.2, 0.25) is 0 Å². The maximum Gasteiger partial charge on any atom is 0.0595 e. The average molecular weight is 322 g/mol. The summed E-state index contributed by atoms with van der Waals surface area (Å²) in [4.78, 5) is 0. The van der Waals surface area contributed by atoms with E-state index in [1.807, 2.05) is 25.2 Å². The van der Waals surface area contributed by atoms with Crippen molar-refractivity contribution in [3.63, 3.8) is 0 Å². The minimum Gasteiger partial charge on any atom is -0.309 e. The number of nitrogens with one attached hydrogen (secondary N) is 1. The monoisotopic (exact) mass is 321 g/mol. The van der Waals surface area contributed by atoms with Gasteiger partial charge in [-0.3, -0.25) is 0 Å². The van der Waals surface area contributed by atoms with Crippen LogP contribution in [0.3, 0.4) is 0 Å². The van der Waals surface area contributed by atoms with Crippen LogP contribution in [0.2, 0.25) is 10.0 Å². The molecule has 0 aliphatic carbocycles. The van der Waals surface area contributed by atoms with Crippen molar-refractivity contribution in [1.29, 1.82) is 0 Å². The first kappa shape index (κ1) is 16.4. The summed E-state index contributed by atoms with van der Waals surface area (Å²) in [6.45, 7) is 4.47. The van der Waals surface area contributed by atoms with Crippen LogP contribution in [0.5, 0.6) is 0 Å². The molecule has 0 radical (unpaired) electrons. The van der Waals surface area contributed by atoms with Crippen molar-refractivity contribution in [1.82, 2.24) is 5.32 Å². The summed E-state index contributed by atoms with van der Waals surface area (Å²) in [5.74, 6) is 0.595. The molecular formula is C18H21Cl2N. The molecule has 0 fully saturated rings. The van der Waals surface area contributed by atoms with Gasteiger partial charge in [0.1, 0.15) is 0 Å². The number of hydrogen-bond acceptors (Lipinski definition) is 1. The zero-order valence-corrected chi connectivity index (χ0v) is 14.2. The molecule has 0 heterocycles. The third-order valence-electron chi connectivity index (χ3n) is 4.02. The van der Waals surface area contributed by atoms with E-state index in [-0.39, 0.29) is 6.04 Å². The van der Waals surface area contributed by atoms with Crippen molar-refractivity contribution in [3.8, 4) is 0 Å². The van der Waals surface area contributed by atoms with Crippen LogP contribution in [0.25, 0.3) is 0 Å². The second kappa shape index (κ2) is 7.31. The Kier molecular flexibility index (Phi) is 5.69. The molecule has 0 saturated heterocycles. The van der Waals surface area contributed by atoms with Crippen LogP contribution in [-0.4, -0.2) is 7.05 Å². The highest BCUT2D eigenvalue weighted by Gasteiger charge is 2.14. The standard InChI is InChI=1S/C18H21Cl2N/c1-4-12(2)13-5-7-14(8-6-13)18(21-3)15-9-10-16(19)17(20)11-15/h5-12,18,21H,4H2,1-3H3. The summed E-state index contributed by atoms with van der Waals surface area (Å²) in [6, 6.07) is 14.7. The van der Waals surface area contributed by atoms with Crippen LogP contribution in [0, 0.1) is 0 Å². The summed E-state index contributed by atoms with van der Waals surface area (Å²) < 4.78 is 0. The first-order valence-electron chi connectivity index (χ1n) is 7.28. The number of halogens is 2. The van der Waals surface area contributed by atoms with Crippen molar-refractivity contribution in [2.75, 3.05) is 7.05 Å². The predicted molar refractivity (Wildman–Crippen MR) is 92.5 cm³/mol. The Bertz CT molecular complexity index is 593. The highest BCUT2D eigenvalue weighted by Crippen LogP contribution is 2.29. The number of benzene rings is 2. The van der Waals surface area contributed by atoms with E-state index in [0.29, 0.717) is 16.0 Å². The molecule has 21 heavy (non-hydrogen) atoms. The molecule has 0 saturated carbocycles. The predicted octanol–water partition coefficient (Wildman–Crippen LogP) is 5.82. The highest BCUT2D eigenvalue weighted by molar-refractivity contribution is 6.42. The fourth-order valence-electron chi connectivity index (χ4n) is 2.47. The molecule has 0 bridgehead atoms.